The molecule has 1 atom stereocenters. The van der Waals surface area contributed by atoms with E-state index >= 15 is 0 Å². The number of rotatable bonds is 3. The minimum atomic E-state index is -0.357. The van der Waals surface area contributed by atoms with Gasteiger partial charge in [-0.2, -0.15) is 0 Å². The molecule has 1 aromatic heterocycles. The highest BCUT2D eigenvalue weighted by Gasteiger charge is 2.33. The molecular formula is C18H21FN4O2. The third kappa shape index (κ3) is 3.37. The van der Waals surface area contributed by atoms with E-state index in [1.807, 2.05) is 4.90 Å². The number of likely N-dealkylation sites (tertiary alicyclic amines) is 1. The molecule has 0 saturated carbocycles. The minimum Gasteiger partial charge on any atom is -0.490 e. The van der Waals surface area contributed by atoms with Crippen molar-refractivity contribution >= 4 is 5.91 Å². The van der Waals surface area contributed by atoms with Crippen molar-refractivity contribution in [3.63, 3.8) is 0 Å². The van der Waals surface area contributed by atoms with Crippen LogP contribution in [0.2, 0.25) is 0 Å². The summed E-state index contributed by atoms with van der Waals surface area (Å²) in [6.45, 7) is 2.08. The number of aromatic amines is 1. The number of piperidine rings is 1. The number of aromatic nitrogens is 2. The van der Waals surface area contributed by atoms with E-state index in [9.17, 15) is 9.18 Å². The Morgan fingerprint density at radius 1 is 1.24 bits per heavy atom. The van der Waals surface area contributed by atoms with Gasteiger partial charge in [-0.05, 0) is 24.3 Å². The highest BCUT2D eigenvalue weighted by Crippen LogP contribution is 2.24. The van der Waals surface area contributed by atoms with Crippen LogP contribution in [0.4, 0.5) is 4.39 Å². The monoisotopic (exact) mass is 344 g/mol. The number of nitrogens with one attached hydrogen (secondary N) is 2. The number of hydrogen-bond donors (Lipinski definition) is 2. The summed E-state index contributed by atoms with van der Waals surface area (Å²) < 4.78 is 18.8. The quantitative estimate of drug-likeness (QED) is 0.891. The summed E-state index contributed by atoms with van der Waals surface area (Å²) in [4.78, 5) is 22.2. The molecule has 1 saturated heterocycles. The third-order valence-corrected chi connectivity index (χ3v) is 4.87. The molecule has 2 aromatic rings. The number of carbonyl (C=O) groups excluding carboxylic acids is 1. The molecule has 25 heavy (non-hydrogen) atoms. The lowest BCUT2D eigenvalue weighted by atomic mass is 10.0. The van der Waals surface area contributed by atoms with Crippen LogP contribution >= 0.6 is 0 Å². The lowest BCUT2D eigenvalue weighted by Crippen LogP contribution is -2.48. The average molecular weight is 344 g/mol. The van der Waals surface area contributed by atoms with Crippen molar-refractivity contribution in [3.05, 3.63) is 47.8 Å². The van der Waals surface area contributed by atoms with E-state index in [1.54, 1.807) is 18.5 Å². The summed E-state index contributed by atoms with van der Waals surface area (Å²) in [6, 6.07) is 5.70. The van der Waals surface area contributed by atoms with Gasteiger partial charge in [0.15, 0.2) is 0 Å². The Morgan fingerprint density at radius 2 is 2.00 bits per heavy atom. The molecule has 2 N–H and O–H groups in total. The van der Waals surface area contributed by atoms with Crippen LogP contribution in [0.25, 0.3) is 0 Å². The fourth-order valence-electron chi connectivity index (χ4n) is 3.51. The molecule has 1 unspecified atom stereocenters. The SMILES string of the molecule is O=C(C1NCCc2[nH]cnc21)N1CCC(Oc2ccc(F)cc2)CC1. The number of H-pyrrole nitrogens is 1. The van der Waals surface area contributed by atoms with Crippen molar-refractivity contribution < 1.29 is 13.9 Å². The fraction of sp³-hybridized carbons (Fsp3) is 0.444. The van der Waals surface area contributed by atoms with Crippen molar-refractivity contribution in [2.24, 2.45) is 0 Å². The van der Waals surface area contributed by atoms with E-state index in [0.29, 0.717) is 18.8 Å². The molecule has 1 amide bonds. The van der Waals surface area contributed by atoms with Crippen molar-refractivity contribution in [1.82, 2.24) is 20.2 Å². The van der Waals surface area contributed by atoms with Gasteiger partial charge in [-0.25, -0.2) is 9.37 Å². The molecule has 0 bridgehead atoms. The van der Waals surface area contributed by atoms with E-state index < -0.39 is 0 Å². The zero-order valence-electron chi connectivity index (χ0n) is 13.9. The molecule has 2 aliphatic rings. The van der Waals surface area contributed by atoms with Crippen molar-refractivity contribution in [2.75, 3.05) is 19.6 Å². The topological polar surface area (TPSA) is 70.2 Å². The Kier molecular flexibility index (Phi) is 4.40. The Bertz CT molecular complexity index is 738. The number of fused-ring (bicyclic) bond motifs is 1. The van der Waals surface area contributed by atoms with E-state index in [1.165, 1.54) is 12.1 Å². The molecule has 1 aromatic carbocycles. The van der Waals surface area contributed by atoms with Crippen molar-refractivity contribution in [1.29, 1.82) is 0 Å². The summed E-state index contributed by atoms with van der Waals surface area (Å²) in [5.74, 6) is 0.472. The molecule has 0 aliphatic carbocycles. The Morgan fingerprint density at radius 3 is 2.76 bits per heavy atom. The normalized spacial score (nSPS) is 21.0. The first-order chi connectivity index (χ1) is 12.2. The molecule has 6 nitrogen and oxygen atoms in total. The first-order valence-electron chi connectivity index (χ1n) is 8.67. The molecule has 1 fully saturated rings. The van der Waals surface area contributed by atoms with Gasteiger partial charge in [-0.15, -0.1) is 0 Å². The van der Waals surface area contributed by atoms with Crippen molar-refractivity contribution in [3.8, 4) is 5.75 Å². The smallest absolute Gasteiger partial charge is 0.246 e. The average Bonchev–Trinajstić information content (AvgIpc) is 3.12. The zero-order valence-corrected chi connectivity index (χ0v) is 13.9. The minimum absolute atomic E-state index is 0.0507. The van der Waals surface area contributed by atoms with Crippen LogP contribution in [-0.2, 0) is 11.2 Å². The lowest BCUT2D eigenvalue weighted by Gasteiger charge is -2.35. The second-order valence-electron chi connectivity index (χ2n) is 6.50. The highest BCUT2D eigenvalue weighted by atomic mass is 19.1. The molecular weight excluding hydrogens is 323 g/mol. The Balaban J connectivity index is 1.34. The van der Waals surface area contributed by atoms with Gasteiger partial charge in [0.25, 0.3) is 0 Å². The third-order valence-electron chi connectivity index (χ3n) is 4.87. The van der Waals surface area contributed by atoms with Crippen LogP contribution in [0, 0.1) is 5.82 Å². The van der Waals surface area contributed by atoms with Crippen LogP contribution < -0.4 is 10.1 Å². The maximum atomic E-state index is 13.0. The van der Waals surface area contributed by atoms with Crippen LogP contribution in [0.1, 0.15) is 30.3 Å². The summed E-state index contributed by atoms with van der Waals surface area (Å²) >= 11 is 0. The zero-order chi connectivity index (χ0) is 17.2. The molecule has 0 spiro atoms. The molecule has 132 valence electrons. The van der Waals surface area contributed by atoms with Crippen molar-refractivity contribution in [2.45, 2.75) is 31.4 Å². The highest BCUT2D eigenvalue weighted by molar-refractivity contribution is 5.83. The van der Waals surface area contributed by atoms with Gasteiger partial charge in [0.1, 0.15) is 23.7 Å². The largest absolute Gasteiger partial charge is 0.490 e. The molecule has 2 aliphatic heterocycles. The summed E-state index contributed by atoms with van der Waals surface area (Å²) in [7, 11) is 0. The molecule has 0 radical (unpaired) electrons. The first kappa shape index (κ1) is 16.1. The van der Waals surface area contributed by atoms with Gasteiger partial charge in [0.05, 0.1) is 12.0 Å². The van der Waals surface area contributed by atoms with Gasteiger partial charge in [-0.3, -0.25) is 4.79 Å². The van der Waals surface area contributed by atoms with Crippen LogP contribution in [-0.4, -0.2) is 46.5 Å². The maximum Gasteiger partial charge on any atom is 0.246 e. The standard InChI is InChI=1S/C18H21FN4O2/c19-12-1-3-13(4-2-12)25-14-6-9-23(10-7-14)18(24)17-16-15(5-8-20-17)21-11-22-16/h1-4,11,14,17,20H,5-10H2,(H,21,22). The van der Waals surface area contributed by atoms with E-state index in [4.69, 9.17) is 4.74 Å². The maximum absolute atomic E-state index is 13.0. The van der Waals surface area contributed by atoms with E-state index in [-0.39, 0.29) is 23.9 Å². The van der Waals surface area contributed by atoms with E-state index in [0.717, 1.165) is 37.2 Å². The summed E-state index contributed by atoms with van der Waals surface area (Å²) in [5, 5.41) is 3.27. The van der Waals surface area contributed by atoms with Crippen LogP contribution in [0.15, 0.2) is 30.6 Å². The number of ether oxygens (including phenoxy) is 1. The van der Waals surface area contributed by atoms with Gasteiger partial charge < -0.3 is 19.9 Å². The predicted octanol–water partition coefficient (Wildman–Crippen LogP) is 1.81. The van der Waals surface area contributed by atoms with Crippen LogP contribution in [0.5, 0.6) is 5.75 Å². The number of benzene rings is 1. The number of imidazole rings is 1. The second-order valence-corrected chi connectivity index (χ2v) is 6.50. The second kappa shape index (κ2) is 6.84. The fourth-order valence-corrected chi connectivity index (χ4v) is 3.51. The van der Waals surface area contributed by atoms with Gasteiger partial charge >= 0.3 is 0 Å². The van der Waals surface area contributed by atoms with Gasteiger partial charge in [0.2, 0.25) is 5.91 Å². The summed E-state index contributed by atoms with van der Waals surface area (Å²) in [5.41, 5.74) is 1.87. The number of amides is 1. The first-order valence-corrected chi connectivity index (χ1v) is 8.67. The summed E-state index contributed by atoms with van der Waals surface area (Å²) in [6.07, 6.45) is 4.11. The number of nitrogens with zero attached hydrogens (tertiary/aromatic N) is 2. The number of halogens is 1. The predicted molar refractivity (Wildman–Crippen MR) is 89.7 cm³/mol. The number of hydrogen-bond acceptors (Lipinski definition) is 4. The Labute approximate surface area is 145 Å². The van der Waals surface area contributed by atoms with Gasteiger partial charge in [0, 0.05) is 44.6 Å². The van der Waals surface area contributed by atoms with Crippen LogP contribution in [0.3, 0.4) is 0 Å². The molecule has 7 heteroatoms. The molecule has 4 rings (SSSR count). The van der Waals surface area contributed by atoms with E-state index in [2.05, 4.69) is 15.3 Å². The molecule has 3 heterocycles. The number of carbonyl (C=O) groups is 1. The van der Waals surface area contributed by atoms with Gasteiger partial charge in [-0.1, -0.05) is 0 Å². The Hall–Kier alpha value is -2.41. The lowest BCUT2D eigenvalue weighted by molar-refractivity contribution is -0.135.